The van der Waals surface area contributed by atoms with E-state index in [2.05, 4.69) is 33.1 Å². The Morgan fingerprint density at radius 3 is 1.70 bits per heavy atom. The lowest BCUT2D eigenvalue weighted by atomic mass is 9.88. The van der Waals surface area contributed by atoms with Crippen molar-refractivity contribution in [2.24, 2.45) is 5.92 Å². The van der Waals surface area contributed by atoms with Crippen LogP contribution in [0.5, 0.6) is 0 Å². The fourth-order valence-corrected chi connectivity index (χ4v) is 3.27. The average molecular weight is 284 g/mol. The van der Waals surface area contributed by atoms with Crippen LogP contribution in [0.25, 0.3) is 0 Å². The van der Waals surface area contributed by atoms with Gasteiger partial charge in [-0.3, -0.25) is 0 Å². The lowest BCUT2D eigenvalue weighted by Crippen LogP contribution is -2.33. The third-order valence-electron chi connectivity index (χ3n) is 4.76. The fourth-order valence-electron chi connectivity index (χ4n) is 3.27. The molecule has 20 heavy (non-hydrogen) atoms. The lowest BCUT2D eigenvalue weighted by Gasteiger charge is -2.26. The highest BCUT2D eigenvalue weighted by Crippen LogP contribution is 2.21. The normalized spacial score (nSPS) is 14.4. The molecule has 0 radical (unpaired) electrons. The van der Waals surface area contributed by atoms with Crippen LogP contribution in [-0.2, 0) is 0 Å². The summed E-state index contributed by atoms with van der Waals surface area (Å²) in [5.74, 6) is 0.893. The Kier molecular flexibility index (Phi) is 15.3. The van der Waals surface area contributed by atoms with Gasteiger partial charge in [-0.05, 0) is 25.8 Å². The molecule has 0 aliphatic rings. The zero-order chi connectivity index (χ0) is 15.1. The van der Waals surface area contributed by atoms with Crippen molar-refractivity contribution in [1.29, 1.82) is 0 Å². The Bertz CT molecular complexity index is 179. The van der Waals surface area contributed by atoms with Gasteiger partial charge in [-0.15, -0.1) is 0 Å². The molecule has 0 aliphatic carbocycles. The predicted molar refractivity (Wildman–Crippen MR) is 93.4 cm³/mol. The molecule has 1 nitrogen and oxygen atoms in total. The fraction of sp³-hybridized carbons (Fsp3) is 1.00. The summed E-state index contributed by atoms with van der Waals surface area (Å²) < 4.78 is 0. The van der Waals surface area contributed by atoms with Crippen LogP contribution in [0.2, 0.25) is 0 Å². The second kappa shape index (κ2) is 15.4. The third kappa shape index (κ3) is 10.7. The highest BCUT2D eigenvalue weighted by molar-refractivity contribution is 4.74. The van der Waals surface area contributed by atoms with Crippen LogP contribution in [0, 0.1) is 5.92 Å². The van der Waals surface area contributed by atoms with E-state index in [0.717, 1.165) is 12.0 Å². The SMILES string of the molecule is CCCCCCCCCCC(NC)C(CC)CCCC. The Morgan fingerprint density at radius 2 is 1.20 bits per heavy atom. The Morgan fingerprint density at radius 1 is 0.650 bits per heavy atom. The van der Waals surface area contributed by atoms with Gasteiger partial charge >= 0.3 is 0 Å². The van der Waals surface area contributed by atoms with Crippen molar-refractivity contribution in [3.8, 4) is 0 Å². The van der Waals surface area contributed by atoms with Gasteiger partial charge in [0.25, 0.3) is 0 Å². The maximum Gasteiger partial charge on any atom is 0.00922 e. The second-order valence-corrected chi connectivity index (χ2v) is 6.47. The molecule has 0 aromatic carbocycles. The van der Waals surface area contributed by atoms with E-state index in [0.29, 0.717) is 0 Å². The first-order chi connectivity index (χ1) is 9.79. The maximum atomic E-state index is 3.58. The number of hydrogen-bond acceptors (Lipinski definition) is 1. The number of nitrogens with one attached hydrogen (secondary N) is 1. The summed E-state index contributed by atoms with van der Waals surface area (Å²) >= 11 is 0. The van der Waals surface area contributed by atoms with Crippen LogP contribution in [0.3, 0.4) is 0 Å². The number of unbranched alkanes of at least 4 members (excludes halogenated alkanes) is 8. The van der Waals surface area contributed by atoms with Crippen molar-refractivity contribution in [3.05, 3.63) is 0 Å². The van der Waals surface area contributed by atoms with Gasteiger partial charge in [-0.25, -0.2) is 0 Å². The monoisotopic (exact) mass is 283 g/mol. The summed E-state index contributed by atoms with van der Waals surface area (Å²) in [4.78, 5) is 0. The second-order valence-electron chi connectivity index (χ2n) is 6.47. The lowest BCUT2D eigenvalue weighted by molar-refractivity contribution is 0.309. The van der Waals surface area contributed by atoms with Crippen molar-refractivity contribution < 1.29 is 0 Å². The van der Waals surface area contributed by atoms with Gasteiger partial charge in [0.15, 0.2) is 0 Å². The summed E-state index contributed by atoms with van der Waals surface area (Å²) in [5.41, 5.74) is 0. The van der Waals surface area contributed by atoms with E-state index in [4.69, 9.17) is 0 Å². The standard InChI is InChI=1S/C19H41N/c1-5-8-10-11-12-13-14-15-17-19(20-4)18(7-3)16-9-6-2/h18-20H,5-17H2,1-4H3. The van der Waals surface area contributed by atoms with Crippen LogP contribution in [0.1, 0.15) is 104 Å². The third-order valence-corrected chi connectivity index (χ3v) is 4.76. The van der Waals surface area contributed by atoms with E-state index in [1.807, 2.05) is 0 Å². The topological polar surface area (TPSA) is 12.0 Å². The molecule has 0 fully saturated rings. The summed E-state index contributed by atoms with van der Waals surface area (Å²) in [6.45, 7) is 6.96. The molecule has 0 aromatic heterocycles. The quantitative estimate of drug-likeness (QED) is 0.347. The number of rotatable bonds is 15. The van der Waals surface area contributed by atoms with Gasteiger partial charge in [0.1, 0.15) is 0 Å². The van der Waals surface area contributed by atoms with Gasteiger partial charge in [-0.2, -0.15) is 0 Å². The molecule has 0 spiro atoms. The first-order valence-corrected chi connectivity index (χ1v) is 9.47. The predicted octanol–water partition coefficient (Wildman–Crippen LogP) is 6.32. The van der Waals surface area contributed by atoms with Crippen molar-refractivity contribution >= 4 is 0 Å². The van der Waals surface area contributed by atoms with E-state index in [1.54, 1.807) is 0 Å². The molecule has 0 amide bonds. The smallest absolute Gasteiger partial charge is 0.00922 e. The van der Waals surface area contributed by atoms with E-state index >= 15 is 0 Å². The molecule has 0 aliphatic heterocycles. The molecule has 1 heteroatoms. The van der Waals surface area contributed by atoms with Gasteiger partial charge in [0.2, 0.25) is 0 Å². The van der Waals surface area contributed by atoms with Crippen molar-refractivity contribution in [1.82, 2.24) is 5.32 Å². The highest BCUT2D eigenvalue weighted by Gasteiger charge is 2.17. The minimum Gasteiger partial charge on any atom is -0.317 e. The van der Waals surface area contributed by atoms with Gasteiger partial charge in [0.05, 0.1) is 0 Å². The van der Waals surface area contributed by atoms with Crippen molar-refractivity contribution in [2.75, 3.05) is 7.05 Å². The van der Waals surface area contributed by atoms with Crippen molar-refractivity contribution in [2.45, 2.75) is 110 Å². The Hall–Kier alpha value is -0.0400. The van der Waals surface area contributed by atoms with E-state index in [1.165, 1.54) is 83.5 Å². The average Bonchev–Trinajstić information content (AvgIpc) is 2.48. The Balaban J connectivity index is 3.61. The minimum atomic E-state index is 0.756. The molecule has 0 rings (SSSR count). The zero-order valence-electron chi connectivity index (χ0n) is 14.8. The van der Waals surface area contributed by atoms with E-state index in [-0.39, 0.29) is 0 Å². The first-order valence-electron chi connectivity index (χ1n) is 9.47. The molecule has 0 aromatic rings. The molecule has 0 saturated heterocycles. The van der Waals surface area contributed by atoms with E-state index < -0.39 is 0 Å². The highest BCUT2D eigenvalue weighted by atomic mass is 14.9. The van der Waals surface area contributed by atoms with Crippen LogP contribution in [0.15, 0.2) is 0 Å². The van der Waals surface area contributed by atoms with Gasteiger partial charge in [0, 0.05) is 6.04 Å². The van der Waals surface area contributed by atoms with Crippen LogP contribution in [-0.4, -0.2) is 13.1 Å². The largest absolute Gasteiger partial charge is 0.317 e. The molecular weight excluding hydrogens is 242 g/mol. The molecule has 122 valence electrons. The van der Waals surface area contributed by atoms with Crippen molar-refractivity contribution in [3.63, 3.8) is 0 Å². The first kappa shape index (κ1) is 20.0. The maximum absolute atomic E-state index is 3.58. The minimum absolute atomic E-state index is 0.756. The summed E-state index contributed by atoms with van der Waals surface area (Å²) in [7, 11) is 2.16. The molecule has 0 heterocycles. The Labute approximate surface area is 129 Å². The molecule has 0 saturated carbocycles. The van der Waals surface area contributed by atoms with Crippen LogP contribution in [0.4, 0.5) is 0 Å². The van der Waals surface area contributed by atoms with Gasteiger partial charge in [-0.1, -0.05) is 91.4 Å². The van der Waals surface area contributed by atoms with Crippen LogP contribution >= 0.6 is 0 Å². The summed E-state index contributed by atoms with van der Waals surface area (Å²) in [6.07, 6.45) is 18.3. The molecule has 2 unspecified atom stereocenters. The van der Waals surface area contributed by atoms with Gasteiger partial charge < -0.3 is 5.32 Å². The van der Waals surface area contributed by atoms with E-state index in [9.17, 15) is 0 Å². The van der Waals surface area contributed by atoms with Crippen LogP contribution < -0.4 is 5.32 Å². The molecule has 1 N–H and O–H groups in total. The molecular formula is C19H41N. The molecule has 2 atom stereocenters. The summed E-state index contributed by atoms with van der Waals surface area (Å²) in [5, 5.41) is 3.58. The zero-order valence-corrected chi connectivity index (χ0v) is 14.8. The molecule has 0 bridgehead atoms. The summed E-state index contributed by atoms with van der Waals surface area (Å²) in [6, 6.07) is 0.756. The number of hydrogen-bond donors (Lipinski definition) is 1.